The maximum absolute atomic E-state index is 13.8. The Morgan fingerprint density at radius 3 is 2.29 bits per heavy atom. The van der Waals surface area contributed by atoms with Crippen molar-refractivity contribution < 1.29 is 33.6 Å². The third kappa shape index (κ3) is 5.08. The van der Waals surface area contributed by atoms with E-state index in [9.17, 15) is 14.7 Å². The van der Waals surface area contributed by atoms with Crippen molar-refractivity contribution >= 4 is 11.8 Å². The highest BCUT2D eigenvalue weighted by atomic mass is 16.5. The fourth-order valence-corrected chi connectivity index (χ4v) is 5.20. The molecule has 2 aromatic carbocycles. The predicted molar refractivity (Wildman–Crippen MR) is 143 cm³/mol. The standard InChI is InChI=1S/C30H35NO7/c1-7-16(2)38-30(34)27-17(3)31-21-12-20(18-8-11-25(36-5)26(15-18)37-6)14-23(33)29(21)28(27)19-9-10-24(35-4)22(32)13-19/h8-11,13,15-16,20,28,31-32H,7,12,14H2,1-6H3/t16-,20+,28-/m0/s1. The Balaban J connectivity index is 1.79. The van der Waals surface area contributed by atoms with Crippen LogP contribution in [0.1, 0.15) is 63.0 Å². The van der Waals surface area contributed by atoms with Crippen LogP contribution >= 0.6 is 0 Å². The number of carbonyl (C=O) groups is 2. The largest absolute Gasteiger partial charge is 0.504 e. The minimum absolute atomic E-state index is 0.0653. The first kappa shape index (κ1) is 27.1. The molecule has 2 aliphatic rings. The van der Waals surface area contributed by atoms with Crippen molar-refractivity contribution in [1.29, 1.82) is 0 Å². The van der Waals surface area contributed by atoms with Gasteiger partial charge in [0.2, 0.25) is 0 Å². The maximum Gasteiger partial charge on any atom is 0.337 e. The third-order valence-corrected chi connectivity index (χ3v) is 7.35. The Morgan fingerprint density at radius 2 is 1.66 bits per heavy atom. The number of allylic oxidation sites excluding steroid dienone is 3. The molecule has 202 valence electrons. The lowest BCUT2D eigenvalue weighted by molar-refractivity contribution is -0.144. The van der Waals surface area contributed by atoms with Gasteiger partial charge in [-0.15, -0.1) is 0 Å². The van der Waals surface area contributed by atoms with Crippen molar-refractivity contribution in [3.8, 4) is 23.0 Å². The van der Waals surface area contributed by atoms with Crippen LogP contribution in [-0.2, 0) is 14.3 Å². The second kappa shape index (κ2) is 11.2. The summed E-state index contributed by atoms with van der Waals surface area (Å²) in [5, 5.41) is 13.9. The molecular weight excluding hydrogens is 486 g/mol. The number of esters is 1. The van der Waals surface area contributed by atoms with Crippen molar-refractivity contribution in [3.63, 3.8) is 0 Å². The summed E-state index contributed by atoms with van der Waals surface area (Å²) in [6, 6.07) is 10.7. The summed E-state index contributed by atoms with van der Waals surface area (Å²) in [7, 11) is 4.64. The number of nitrogens with one attached hydrogen (secondary N) is 1. The lowest BCUT2D eigenvalue weighted by atomic mass is 9.71. The number of aromatic hydroxyl groups is 1. The summed E-state index contributed by atoms with van der Waals surface area (Å²) >= 11 is 0. The highest BCUT2D eigenvalue weighted by Crippen LogP contribution is 2.47. The Labute approximate surface area is 223 Å². The van der Waals surface area contributed by atoms with Crippen molar-refractivity contribution in [2.24, 2.45) is 0 Å². The van der Waals surface area contributed by atoms with Gasteiger partial charge in [-0.05, 0) is 68.0 Å². The number of hydrogen-bond donors (Lipinski definition) is 2. The zero-order chi connectivity index (χ0) is 27.6. The molecule has 2 aromatic rings. The number of dihydropyridines is 1. The normalized spacial score (nSPS) is 19.9. The van der Waals surface area contributed by atoms with E-state index in [1.165, 1.54) is 7.11 Å². The molecule has 0 aromatic heterocycles. The SMILES string of the molecule is CC[C@H](C)OC(=O)C1=C(C)NC2=C(C(=O)C[C@H](c3ccc(OC)c(OC)c3)C2)[C@H]1c1ccc(OC)c(O)c1. The number of hydrogen-bond acceptors (Lipinski definition) is 8. The summed E-state index contributed by atoms with van der Waals surface area (Å²) in [5.41, 5.74) is 3.86. The smallest absolute Gasteiger partial charge is 0.337 e. The molecule has 0 saturated carbocycles. The molecule has 0 spiro atoms. The van der Waals surface area contributed by atoms with E-state index in [4.69, 9.17) is 18.9 Å². The van der Waals surface area contributed by atoms with E-state index < -0.39 is 11.9 Å². The van der Waals surface area contributed by atoms with Crippen molar-refractivity contribution in [1.82, 2.24) is 5.32 Å². The molecule has 0 radical (unpaired) electrons. The van der Waals surface area contributed by atoms with E-state index in [1.807, 2.05) is 39.0 Å². The minimum atomic E-state index is -0.682. The molecule has 8 heteroatoms. The van der Waals surface area contributed by atoms with Gasteiger partial charge in [0.25, 0.3) is 0 Å². The molecule has 0 saturated heterocycles. The fraction of sp³-hybridized carbons (Fsp3) is 0.400. The van der Waals surface area contributed by atoms with Crippen LogP contribution in [0.15, 0.2) is 58.9 Å². The van der Waals surface area contributed by atoms with Gasteiger partial charge in [-0.2, -0.15) is 0 Å². The number of benzene rings is 2. The average molecular weight is 522 g/mol. The first-order valence-corrected chi connectivity index (χ1v) is 12.8. The lowest BCUT2D eigenvalue weighted by Gasteiger charge is -2.37. The van der Waals surface area contributed by atoms with Gasteiger partial charge < -0.3 is 29.4 Å². The van der Waals surface area contributed by atoms with Gasteiger partial charge >= 0.3 is 5.97 Å². The van der Waals surface area contributed by atoms with Gasteiger partial charge in [-0.25, -0.2) is 4.79 Å². The number of rotatable bonds is 8. The number of methoxy groups -OCH3 is 3. The van der Waals surface area contributed by atoms with Crippen molar-refractivity contribution in [2.75, 3.05) is 21.3 Å². The highest BCUT2D eigenvalue weighted by molar-refractivity contribution is 6.04. The van der Waals surface area contributed by atoms with Crippen LogP contribution < -0.4 is 19.5 Å². The first-order chi connectivity index (χ1) is 18.2. The lowest BCUT2D eigenvalue weighted by Crippen LogP contribution is -2.36. The highest BCUT2D eigenvalue weighted by Gasteiger charge is 2.42. The van der Waals surface area contributed by atoms with Crippen LogP contribution in [-0.4, -0.2) is 44.3 Å². The molecule has 1 aliphatic carbocycles. The Kier molecular flexibility index (Phi) is 7.99. The quantitative estimate of drug-likeness (QED) is 0.462. The maximum atomic E-state index is 13.8. The molecular formula is C30H35NO7. The molecule has 0 unspecified atom stereocenters. The Hall–Kier alpha value is -3.94. The van der Waals surface area contributed by atoms with Gasteiger partial charge in [-0.1, -0.05) is 19.1 Å². The van der Waals surface area contributed by atoms with Crippen LogP contribution in [0.3, 0.4) is 0 Å². The molecule has 0 amide bonds. The van der Waals surface area contributed by atoms with E-state index in [1.54, 1.807) is 32.4 Å². The summed E-state index contributed by atoms with van der Waals surface area (Å²) in [5.74, 6) is 0.155. The zero-order valence-corrected chi connectivity index (χ0v) is 22.7. The number of Topliss-reactive ketones (excluding diaryl/α,β-unsaturated/α-hetero) is 1. The van der Waals surface area contributed by atoms with Gasteiger partial charge in [0.15, 0.2) is 28.8 Å². The summed E-state index contributed by atoms with van der Waals surface area (Å²) in [4.78, 5) is 27.2. The summed E-state index contributed by atoms with van der Waals surface area (Å²) in [6.45, 7) is 5.59. The van der Waals surface area contributed by atoms with Gasteiger partial charge in [0.05, 0.1) is 33.0 Å². The van der Waals surface area contributed by atoms with Crippen molar-refractivity contribution in [2.45, 2.75) is 58.0 Å². The fourth-order valence-electron chi connectivity index (χ4n) is 5.20. The van der Waals surface area contributed by atoms with E-state index in [0.29, 0.717) is 52.5 Å². The second-order valence-electron chi connectivity index (χ2n) is 9.69. The third-order valence-electron chi connectivity index (χ3n) is 7.35. The van der Waals surface area contributed by atoms with Crippen LogP contribution in [0.4, 0.5) is 0 Å². The zero-order valence-electron chi connectivity index (χ0n) is 22.7. The van der Waals surface area contributed by atoms with E-state index in [0.717, 1.165) is 11.3 Å². The van der Waals surface area contributed by atoms with E-state index in [2.05, 4.69) is 5.32 Å². The van der Waals surface area contributed by atoms with Crippen LogP contribution in [0.25, 0.3) is 0 Å². The average Bonchev–Trinajstić information content (AvgIpc) is 2.91. The Bertz CT molecular complexity index is 1310. The second-order valence-corrected chi connectivity index (χ2v) is 9.69. The van der Waals surface area contributed by atoms with Crippen LogP contribution in [0, 0.1) is 0 Å². The molecule has 3 atom stereocenters. The molecule has 0 fully saturated rings. The molecule has 0 bridgehead atoms. The van der Waals surface area contributed by atoms with Gasteiger partial charge in [0.1, 0.15) is 0 Å². The monoisotopic (exact) mass is 521 g/mol. The number of phenols is 1. The van der Waals surface area contributed by atoms with Crippen LogP contribution in [0.2, 0.25) is 0 Å². The number of phenolic OH excluding ortho intramolecular Hbond substituents is 1. The van der Waals surface area contributed by atoms with E-state index >= 15 is 0 Å². The first-order valence-electron chi connectivity index (χ1n) is 12.8. The molecule has 8 nitrogen and oxygen atoms in total. The Morgan fingerprint density at radius 1 is 1.00 bits per heavy atom. The summed E-state index contributed by atoms with van der Waals surface area (Å²) < 4.78 is 21.8. The predicted octanol–water partition coefficient (Wildman–Crippen LogP) is 5.12. The van der Waals surface area contributed by atoms with E-state index in [-0.39, 0.29) is 30.0 Å². The molecule has 2 N–H and O–H groups in total. The molecule has 1 heterocycles. The minimum Gasteiger partial charge on any atom is -0.504 e. The van der Waals surface area contributed by atoms with Crippen molar-refractivity contribution in [3.05, 3.63) is 70.1 Å². The molecule has 4 rings (SSSR count). The number of ketones is 1. The van der Waals surface area contributed by atoms with Crippen LogP contribution in [0.5, 0.6) is 23.0 Å². The number of ether oxygens (including phenoxy) is 4. The molecule has 1 aliphatic heterocycles. The number of carbonyl (C=O) groups excluding carboxylic acids is 2. The molecule has 38 heavy (non-hydrogen) atoms. The van der Waals surface area contributed by atoms with Gasteiger partial charge in [-0.3, -0.25) is 4.79 Å². The summed E-state index contributed by atoms with van der Waals surface area (Å²) in [6.07, 6.45) is 1.22. The van der Waals surface area contributed by atoms with Gasteiger partial charge in [0, 0.05) is 29.3 Å². The topological polar surface area (TPSA) is 103 Å².